The lowest BCUT2D eigenvalue weighted by molar-refractivity contribution is 0.0601. The highest BCUT2D eigenvalue weighted by Crippen LogP contribution is 2.30. The first-order valence-corrected chi connectivity index (χ1v) is 10.8. The maximum absolute atomic E-state index is 11.6. The summed E-state index contributed by atoms with van der Waals surface area (Å²) in [5.41, 5.74) is 2.71. The molecule has 1 N–H and O–H groups in total. The molecule has 0 saturated carbocycles. The molecule has 0 fully saturated rings. The fourth-order valence-corrected chi connectivity index (χ4v) is 4.26. The maximum atomic E-state index is 11.6. The molecule has 4 nitrogen and oxygen atoms in total. The summed E-state index contributed by atoms with van der Waals surface area (Å²) in [6.45, 7) is 9.58. The van der Waals surface area contributed by atoms with Gasteiger partial charge in [0.1, 0.15) is 0 Å². The van der Waals surface area contributed by atoms with E-state index >= 15 is 0 Å². The number of nitrogens with one attached hydrogen (secondary N) is 1. The van der Waals surface area contributed by atoms with Crippen LogP contribution in [-0.2, 0) is 9.47 Å². The highest BCUT2D eigenvalue weighted by atomic mass is 28.3. The average molecular weight is 305 g/mol. The number of H-pyrrole nitrogens is 1. The van der Waals surface area contributed by atoms with Gasteiger partial charge >= 0.3 is 5.97 Å². The Bertz CT molecular complexity index is 642. The number of methoxy groups -OCH3 is 1. The molecule has 114 valence electrons. The molecule has 2 aromatic rings. The SMILES string of the molecule is CCOC(c1cc2ccc(C(=O)OC)cc2[nH]1)[Si](C)(C)C. The van der Waals surface area contributed by atoms with E-state index in [0.29, 0.717) is 12.2 Å². The molecular weight excluding hydrogens is 282 g/mol. The lowest BCUT2D eigenvalue weighted by atomic mass is 10.1. The molecule has 0 aliphatic carbocycles. The van der Waals surface area contributed by atoms with Crippen molar-refractivity contribution in [2.45, 2.75) is 32.3 Å². The zero-order valence-electron chi connectivity index (χ0n) is 13.3. The summed E-state index contributed by atoms with van der Waals surface area (Å²) >= 11 is 0. The molecule has 1 aromatic carbocycles. The van der Waals surface area contributed by atoms with Crippen molar-refractivity contribution in [1.29, 1.82) is 0 Å². The largest absolute Gasteiger partial charge is 0.465 e. The molecule has 0 bridgehead atoms. The Hall–Kier alpha value is -1.59. The highest BCUT2D eigenvalue weighted by molar-refractivity contribution is 6.77. The van der Waals surface area contributed by atoms with Gasteiger partial charge in [-0.05, 0) is 30.5 Å². The van der Waals surface area contributed by atoms with Gasteiger partial charge in [-0.2, -0.15) is 0 Å². The summed E-state index contributed by atoms with van der Waals surface area (Å²) in [5.74, 6) is -0.320. The van der Waals surface area contributed by atoms with E-state index in [2.05, 4.69) is 30.7 Å². The van der Waals surface area contributed by atoms with E-state index < -0.39 is 8.07 Å². The van der Waals surface area contributed by atoms with Crippen LogP contribution in [0.2, 0.25) is 19.6 Å². The number of hydrogen-bond acceptors (Lipinski definition) is 3. The van der Waals surface area contributed by atoms with Crippen molar-refractivity contribution in [3.8, 4) is 0 Å². The first-order chi connectivity index (χ1) is 9.86. The zero-order chi connectivity index (χ0) is 15.6. The smallest absolute Gasteiger partial charge is 0.337 e. The Labute approximate surface area is 126 Å². The third kappa shape index (κ3) is 3.36. The van der Waals surface area contributed by atoms with E-state index in [0.717, 1.165) is 16.6 Å². The molecule has 0 spiro atoms. The van der Waals surface area contributed by atoms with Crippen LogP contribution in [0, 0.1) is 0 Å². The summed E-state index contributed by atoms with van der Waals surface area (Å²) in [6, 6.07) is 7.68. The Kier molecular flexibility index (Phi) is 4.54. The number of aromatic amines is 1. The van der Waals surface area contributed by atoms with Crippen LogP contribution >= 0.6 is 0 Å². The molecule has 0 aliphatic heterocycles. The zero-order valence-corrected chi connectivity index (χ0v) is 14.3. The quantitative estimate of drug-likeness (QED) is 0.673. The van der Waals surface area contributed by atoms with Crippen LogP contribution < -0.4 is 0 Å². The molecule has 1 atom stereocenters. The van der Waals surface area contributed by atoms with Crippen molar-refractivity contribution < 1.29 is 14.3 Å². The number of fused-ring (bicyclic) bond motifs is 1. The van der Waals surface area contributed by atoms with Crippen molar-refractivity contribution in [2.75, 3.05) is 13.7 Å². The number of aromatic nitrogens is 1. The second-order valence-electron chi connectivity index (χ2n) is 6.22. The van der Waals surface area contributed by atoms with E-state index in [9.17, 15) is 4.79 Å². The Balaban J connectivity index is 2.44. The standard InChI is InChI=1S/C16H23NO3Si/c1-6-20-16(21(3,4)5)14-9-11-7-8-12(15(18)19-2)10-13(11)17-14/h7-10,16-17H,6H2,1-5H3. The molecule has 21 heavy (non-hydrogen) atoms. The first kappa shape index (κ1) is 15.8. The number of hydrogen-bond donors (Lipinski definition) is 1. The van der Waals surface area contributed by atoms with Gasteiger partial charge in [0.2, 0.25) is 0 Å². The maximum Gasteiger partial charge on any atom is 0.337 e. The first-order valence-electron chi connectivity index (χ1n) is 7.19. The Morgan fingerprint density at radius 1 is 1.29 bits per heavy atom. The monoisotopic (exact) mass is 305 g/mol. The van der Waals surface area contributed by atoms with Crippen LogP contribution in [0.25, 0.3) is 10.9 Å². The van der Waals surface area contributed by atoms with Crippen LogP contribution in [0.4, 0.5) is 0 Å². The minimum atomic E-state index is -1.50. The molecular formula is C16H23NO3Si. The number of rotatable bonds is 5. The van der Waals surface area contributed by atoms with Crippen molar-refractivity contribution >= 4 is 24.9 Å². The minimum Gasteiger partial charge on any atom is -0.465 e. The second kappa shape index (κ2) is 6.03. The predicted octanol–water partition coefficient (Wildman–Crippen LogP) is 3.91. The van der Waals surface area contributed by atoms with E-state index in [1.807, 2.05) is 19.1 Å². The van der Waals surface area contributed by atoms with Gasteiger partial charge in [0, 0.05) is 17.8 Å². The topological polar surface area (TPSA) is 51.3 Å². The Morgan fingerprint density at radius 3 is 2.57 bits per heavy atom. The summed E-state index contributed by atoms with van der Waals surface area (Å²) < 4.78 is 10.7. The van der Waals surface area contributed by atoms with Crippen molar-refractivity contribution in [1.82, 2.24) is 4.98 Å². The summed E-state index contributed by atoms with van der Waals surface area (Å²) in [7, 11) is -0.107. The van der Waals surface area contributed by atoms with E-state index in [1.165, 1.54) is 7.11 Å². The van der Waals surface area contributed by atoms with Crippen molar-refractivity contribution in [3.05, 3.63) is 35.5 Å². The van der Waals surface area contributed by atoms with Gasteiger partial charge in [0.15, 0.2) is 0 Å². The van der Waals surface area contributed by atoms with Gasteiger partial charge in [-0.15, -0.1) is 0 Å². The van der Waals surface area contributed by atoms with Crippen LogP contribution in [0.5, 0.6) is 0 Å². The molecule has 2 rings (SSSR count). The third-order valence-corrected chi connectivity index (χ3v) is 5.52. The summed E-state index contributed by atoms with van der Waals surface area (Å²) in [6.07, 6.45) is 0. The van der Waals surface area contributed by atoms with Gasteiger partial charge in [-0.3, -0.25) is 0 Å². The van der Waals surface area contributed by atoms with E-state index in [-0.39, 0.29) is 11.7 Å². The molecule has 5 heteroatoms. The molecule has 0 saturated heterocycles. The molecule has 0 radical (unpaired) electrons. The number of ether oxygens (including phenoxy) is 2. The van der Waals surface area contributed by atoms with Crippen LogP contribution in [0.1, 0.15) is 28.7 Å². The fourth-order valence-electron chi connectivity index (χ4n) is 2.51. The summed E-state index contributed by atoms with van der Waals surface area (Å²) in [4.78, 5) is 15.0. The normalized spacial score (nSPS) is 13.4. The van der Waals surface area contributed by atoms with E-state index in [1.54, 1.807) is 6.07 Å². The predicted molar refractivity (Wildman–Crippen MR) is 87.4 cm³/mol. The molecule has 1 heterocycles. The van der Waals surface area contributed by atoms with Gasteiger partial charge in [-0.25, -0.2) is 4.79 Å². The Morgan fingerprint density at radius 2 is 2.00 bits per heavy atom. The van der Waals surface area contributed by atoms with Gasteiger partial charge in [0.25, 0.3) is 0 Å². The number of benzene rings is 1. The van der Waals surface area contributed by atoms with Gasteiger partial charge in [-0.1, -0.05) is 25.7 Å². The third-order valence-electron chi connectivity index (χ3n) is 3.47. The molecule has 1 aromatic heterocycles. The molecule has 1 unspecified atom stereocenters. The lowest BCUT2D eigenvalue weighted by Gasteiger charge is -2.27. The second-order valence-corrected chi connectivity index (χ2v) is 11.5. The van der Waals surface area contributed by atoms with E-state index in [4.69, 9.17) is 9.47 Å². The lowest BCUT2D eigenvalue weighted by Crippen LogP contribution is -2.33. The number of carbonyl (C=O) groups is 1. The van der Waals surface area contributed by atoms with Crippen LogP contribution in [0.3, 0.4) is 0 Å². The minimum absolute atomic E-state index is 0.122. The highest BCUT2D eigenvalue weighted by Gasteiger charge is 2.30. The van der Waals surface area contributed by atoms with Gasteiger partial charge in [0.05, 0.1) is 26.5 Å². The number of esters is 1. The summed E-state index contributed by atoms with van der Waals surface area (Å²) in [5, 5.41) is 1.08. The van der Waals surface area contributed by atoms with Crippen molar-refractivity contribution in [2.24, 2.45) is 0 Å². The fraction of sp³-hybridized carbons (Fsp3) is 0.438. The molecule has 0 amide bonds. The van der Waals surface area contributed by atoms with Crippen LogP contribution in [0.15, 0.2) is 24.3 Å². The van der Waals surface area contributed by atoms with Gasteiger partial charge < -0.3 is 14.5 Å². The van der Waals surface area contributed by atoms with Crippen LogP contribution in [-0.4, -0.2) is 32.7 Å². The average Bonchev–Trinajstić information content (AvgIpc) is 2.84. The number of carbonyl (C=O) groups excluding carboxylic acids is 1. The van der Waals surface area contributed by atoms with Crippen molar-refractivity contribution in [3.63, 3.8) is 0 Å². The molecule has 0 aliphatic rings.